The molecule has 2 amide bonds. The predicted molar refractivity (Wildman–Crippen MR) is 124 cm³/mol. The molecule has 3 rings (SSSR count). The number of methoxy groups -OCH3 is 2. The van der Waals surface area contributed by atoms with Gasteiger partial charge in [-0.05, 0) is 42.0 Å². The minimum Gasteiger partial charge on any atom is -0.497 e. The largest absolute Gasteiger partial charge is 0.497 e. The average molecular weight is 431 g/mol. The van der Waals surface area contributed by atoms with Gasteiger partial charge in [-0.25, -0.2) is 0 Å². The van der Waals surface area contributed by atoms with Crippen LogP contribution in [0.15, 0.2) is 78.5 Å². The third kappa shape index (κ3) is 5.66. The van der Waals surface area contributed by atoms with Crippen molar-refractivity contribution in [3.05, 3.63) is 95.2 Å². The number of benzene rings is 3. The summed E-state index contributed by atoms with van der Waals surface area (Å²) in [6, 6.07) is 21.1. The quantitative estimate of drug-likeness (QED) is 0.375. The minimum absolute atomic E-state index is 0.0665. The monoisotopic (exact) mass is 431 g/mol. The van der Waals surface area contributed by atoms with Gasteiger partial charge in [0.25, 0.3) is 11.8 Å². The van der Waals surface area contributed by atoms with Gasteiger partial charge < -0.3 is 25.8 Å². The second-order valence-corrected chi connectivity index (χ2v) is 6.87. The molecule has 0 radical (unpaired) electrons. The number of amides is 2. The molecule has 32 heavy (non-hydrogen) atoms. The van der Waals surface area contributed by atoms with E-state index >= 15 is 0 Å². The third-order valence-corrected chi connectivity index (χ3v) is 4.76. The van der Waals surface area contributed by atoms with Crippen LogP contribution in [0.2, 0.25) is 0 Å². The summed E-state index contributed by atoms with van der Waals surface area (Å²) in [7, 11) is 3.07. The minimum atomic E-state index is -0.463. The number of carbonyl (C=O) groups is 2. The number of hydrogen-bond donors (Lipinski definition) is 3. The van der Waals surface area contributed by atoms with Crippen LogP contribution < -0.4 is 25.8 Å². The summed E-state index contributed by atoms with van der Waals surface area (Å²) in [4.78, 5) is 25.8. The molecule has 0 unspecified atom stereocenters. The summed E-state index contributed by atoms with van der Waals surface area (Å²) in [5.74, 6) is 0.239. The second-order valence-electron chi connectivity index (χ2n) is 6.87. The van der Waals surface area contributed by atoms with Crippen molar-refractivity contribution in [1.82, 2.24) is 10.6 Å². The predicted octanol–water partition coefficient (Wildman–Crippen LogP) is 3.37. The van der Waals surface area contributed by atoms with Crippen molar-refractivity contribution in [2.24, 2.45) is 0 Å². The van der Waals surface area contributed by atoms with E-state index in [4.69, 9.17) is 15.2 Å². The number of nitrogens with two attached hydrogens (primary N) is 1. The SMILES string of the molecule is COc1ccc(C=C(NC(=O)c2ccccc2)C(=O)NCc2ccccc2N)c(OC)c1. The number of ether oxygens (including phenoxy) is 2. The molecule has 4 N–H and O–H groups in total. The Balaban J connectivity index is 1.90. The molecule has 0 heterocycles. The molecule has 0 aromatic heterocycles. The lowest BCUT2D eigenvalue weighted by atomic mass is 10.1. The van der Waals surface area contributed by atoms with Crippen LogP contribution in [0, 0.1) is 0 Å². The van der Waals surface area contributed by atoms with Gasteiger partial charge in [-0.2, -0.15) is 0 Å². The lowest BCUT2D eigenvalue weighted by Gasteiger charge is -2.13. The van der Waals surface area contributed by atoms with E-state index in [1.165, 1.54) is 7.11 Å². The van der Waals surface area contributed by atoms with E-state index in [0.717, 1.165) is 5.56 Å². The Morgan fingerprint density at radius 3 is 2.34 bits per heavy atom. The van der Waals surface area contributed by atoms with E-state index in [2.05, 4.69) is 10.6 Å². The number of hydrogen-bond acceptors (Lipinski definition) is 5. The smallest absolute Gasteiger partial charge is 0.268 e. The fourth-order valence-corrected chi connectivity index (χ4v) is 3.00. The van der Waals surface area contributed by atoms with Gasteiger partial charge in [-0.1, -0.05) is 36.4 Å². The molecule has 0 aliphatic heterocycles. The van der Waals surface area contributed by atoms with Crippen molar-refractivity contribution in [3.8, 4) is 11.5 Å². The molecular formula is C25H25N3O4. The molecular weight excluding hydrogens is 406 g/mol. The summed E-state index contributed by atoms with van der Waals surface area (Å²) in [5.41, 5.74) is 8.41. The van der Waals surface area contributed by atoms with Crippen molar-refractivity contribution in [1.29, 1.82) is 0 Å². The summed E-state index contributed by atoms with van der Waals surface area (Å²) < 4.78 is 10.6. The van der Waals surface area contributed by atoms with Gasteiger partial charge >= 0.3 is 0 Å². The molecule has 0 spiro atoms. The van der Waals surface area contributed by atoms with Crippen LogP contribution in [0.1, 0.15) is 21.5 Å². The molecule has 0 fully saturated rings. The Morgan fingerprint density at radius 1 is 0.938 bits per heavy atom. The van der Waals surface area contributed by atoms with E-state index in [-0.39, 0.29) is 12.2 Å². The molecule has 3 aromatic carbocycles. The number of para-hydroxylation sites is 1. The topological polar surface area (TPSA) is 103 Å². The van der Waals surface area contributed by atoms with E-state index in [9.17, 15) is 9.59 Å². The van der Waals surface area contributed by atoms with Crippen molar-refractivity contribution < 1.29 is 19.1 Å². The highest BCUT2D eigenvalue weighted by Crippen LogP contribution is 2.26. The molecule has 0 saturated carbocycles. The zero-order valence-electron chi connectivity index (χ0n) is 17.9. The van der Waals surface area contributed by atoms with Gasteiger partial charge in [0.05, 0.1) is 14.2 Å². The lowest BCUT2D eigenvalue weighted by Crippen LogP contribution is -2.34. The standard InChI is InChI=1S/C25H25N3O4/c1-31-20-13-12-18(23(15-20)32-2)14-22(28-24(29)17-8-4-3-5-9-17)25(30)27-16-19-10-6-7-11-21(19)26/h3-15H,16,26H2,1-2H3,(H,27,30)(H,28,29). The summed E-state index contributed by atoms with van der Waals surface area (Å²) in [6.45, 7) is 0.212. The maximum Gasteiger partial charge on any atom is 0.268 e. The molecule has 7 heteroatoms. The van der Waals surface area contributed by atoms with Gasteiger partial charge in [0, 0.05) is 29.4 Å². The Bertz CT molecular complexity index is 1130. The Morgan fingerprint density at radius 2 is 1.66 bits per heavy atom. The van der Waals surface area contributed by atoms with E-state index in [0.29, 0.717) is 28.3 Å². The van der Waals surface area contributed by atoms with Gasteiger partial charge in [-0.3, -0.25) is 9.59 Å². The van der Waals surface area contributed by atoms with Crippen LogP contribution in [-0.4, -0.2) is 26.0 Å². The Labute approximate surface area is 186 Å². The summed E-state index contributed by atoms with van der Waals surface area (Å²) in [5, 5.41) is 5.51. The summed E-state index contributed by atoms with van der Waals surface area (Å²) in [6.07, 6.45) is 1.56. The van der Waals surface area contributed by atoms with Crippen LogP contribution in [0.25, 0.3) is 6.08 Å². The maximum atomic E-state index is 13.0. The zero-order valence-corrected chi connectivity index (χ0v) is 17.9. The van der Waals surface area contributed by atoms with Crippen molar-refractivity contribution >= 4 is 23.6 Å². The van der Waals surface area contributed by atoms with Crippen molar-refractivity contribution in [2.45, 2.75) is 6.54 Å². The molecule has 0 aliphatic carbocycles. The highest BCUT2D eigenvalue weighted by molar-refractivity contribution is 6.05. The molecule has 7 nitrogen and oxygen atoms in total. The van der Waals surface area contributed by atoms with Crippen LogP contribution in [0.5, 0.6) is 11.5 Å². The Kier molecular flexibility index (Phi) is 7.48. The lowest BCUT2D eigenvalue weighted by molar-refractivity contribution is -0.117. The average Bonchev–Trinajstić information content (AvgIpc) is 2.83. The van der Waals surface area contributed by atoms with Gasteiger partial charge in [0.2, 0.25) is 0 Å². The van der Waals surface area contributed by atoms with Gasteiger partial charge in [-0.15, -0.1) is 0 Å². The van der Waals surface area contributed by atoms with E-state index in [1.807, 2.05) is 24.3 Å². The second kappa shape index (κ2) is 10.7. The summed E-state index contributed by atoms with van der Waals surface area (Å²) >= 11 is 0. The normalized spacial score (nSPS) is 10.9. The third-order valence-electron chi connectivity index (χ3n) is 4.76. The van der Waals surface area contributed by atoms with Crippen LogP contribution in [-0.2, 0) is 11.3 Å². The maximum absolute atomic E-state index is 13.0. The van der Waals surface area contributed by atoms with Crippen LogP contribution in [0.3, 0.4) is 0 Å². The van der Waals surface area contributed by atoms with Crippen molar-refractivity contribution in [3.63, 3.8) is 0 Å². The van der Waals surface area contributed by atoms with Gasteiger partial charge in [0.15, 0.2) is 0 Å². The first kappa shape index (κ1) is 22.4. The van der Waals surface area contributed by atoms with E-state index < -0.39 is 11.8 Å². The van der Waals surface area contributed by atoms with E-state index in [1.54, 1.807) is 61.7 Å². The molecule has 164 valence electrons. The first-order valence-corrected chi connectivity index (χ1v) is 9.93. The zero-order chi connectivity index (χ0) is 22.9. The molecule has 3 aromatic rings. The number of anilines is 1. The molecule has 0 saturated heterocycles. The molecule has 0 bridgehead atoms. The van der Waals surface area contributed by atoms with Crippen LogP contribution in [0.4, 0.5) is 5.69 Å². The number of rotatable bonds is 8. The fourth-order valence-electron chi connectivity index (χ4n) is 3.00. The molecule has 0 aliphatic rings. The number of carbonyl (C=O) groups excluding carboxylic acids is 2. The first-order valence-electron chi connectivity index (χ1n) is 9.93. The highest BCUT2D eigenvalue weighted by atomic mass is 16.5. The molecule has 0 atom stereocenters. The number of nitrogen functional groups attached to an aromatic ring is 1. The van der Waals surface area contributed by atoms with Crippen LogP contribution >= 0.6 is 0 Å². The Hall–Kier alpha value is -4.26. The first-order chi connectivity index (χ1) is 15.5. The van der Waals surface area contributed by atoms with Crippen molar-refractivity contribution in [2.75, 3.05) is 20.0 Å². The fraction of sp³-hybridized carbons (Fsp3) is 0.120. The number of nitrogens with one attached hydrogen (secondary N) is 2. The highest BCUT2D eigenvalue weighted by Gasteiger charge is 2.16. The van der Waals surface area contributed by atoms with Gasteiger partial charge in [0.1, 0.15) is 17.2 Å².